The Morgan fingerprint density at radius 2 is 1.97 bits per heavy atom. The van der Waals surface area contributed by atoms with Crippen LogP contribution in [-0.4, -0.2) is 25.5 Å². The van der Waals surface area contributed by atoms with Crippen molar-refractivity contribution in [3.63, 3.8) is 0 Å². The van der Waals surface area contributed by atoms with Crippen LogP contribution >= 0.6 is 0 Å². The van der Waals surface area contributed by atoms with Gasteiger partial charge >= 0.3 is 6.18 Å². The number of aromatic nitrogens is 4. The van der Waals surface area contributed by atoms with Crippen LogP contribution in [0.1, 0.15) is 51.8 Å². The van der Waals surface area contributed by atoms with Gasteiger partial charge in [0.25, 0.3) is 5.91 Å². The number of benzene rings is 1. The lowest BCUT2D eigenvalue weighted by molar-refractivity contribution is -0.143. The molecule has 1 atom stereocenters. The number of hydrogen-bond acceptors (Lipinski definition) is 3. The maximum absolute atomic E-state index is 13.9. The second kappa shape index (κ2) is 7.06. The number of fused-ring (bicyclic) bond motifs is 1. The summed E-state index contributed by atoms with van der Waals surface area (Å²) in [5.41, 5.74) is 1.19. The molecule has 4 rings (SSSR count). The second-order valence-corrected chi connectivity index (χ2v) is 7.19. The molecule has 2 aromatic heterocycles. The van der Waals surface area contributed by atoms with Crippen molar-refractivity contribution in [2.45, 2.75) is 38.4 Å². The molecule has 152 valence electrons. The molecule has 9 heteroatoms. The van der Waals surface area contributed by atoms with Crippen LogP contribution < -0.4 is 5.32 Å². The topological polar surface area (TPSA) is 64.7 Å². The zero-order valence-corrected chi connectivity index (χ0v) is 16.0. The minimum absolute atomic E-state index is 0.283. The Kier molecular flexibility index (Phi) is 4.68. The number of amides is 1. The number of para-hydroxylation sites is 1. The molecule has 0 aliphatic heterocycles. The van der Waals surface area contributed by atoms with E-state index in [-0.39, 0.29) is 11.7 Å². The van der Waals surface area contributed by atoms with Crippen molar-refractivity contribution in [2.75, 3.05) is 0 Å². The van der Waals surface area contributed by atoms with Crippen LogP contribution in [0.2, 0.25) is 0 Å². The third-order valence-electron chi connectivity index (χ3n) is 5.31. The number of nitrogens with one attached hydrogen (secondary N) is 1. The first-order valence-corrected chi connectivity index (χ1v) is 9.30. The Hall–Kier alpha value is -3.10. The largest absolute Gasteiger partial charge is 0.434 e. The maximum Gasteiger partial charge on any atom is 0.434 e. The standard InChI is InChI=1S/C20H20F3N5O/c1-12-6-3-4-8-16(12)28-18(20(21,22)23)14(11-25-28)19(29)26-15-7-5-9-17-13(15)10-24-27(17)2/h3-4,6,8,10-11,15H,5,7,9H2,1-2H3,(H,26,29). The van der Waals surface area contributed by atoms with Gasteiger partial charge in [-0.1, -0.05) is 18.2 Å². The second-order valence-electron chi connectivity index (χ2n) is 7.19. The summed E-state index contributed by atoms with van der Waals surface area (Å²) >= 11 is 0. The van der Waals surface area contributed by atoms with E-state index in [0.717, 1.165) is 35.0 Å². The van der Waals surface area contributed by atoms with Crippen molar-refractivity contribution in [3.05, 3.63) is 64.7 Å². The van der Waals surface area contributed by atoms with Gasteiger partial charge in [-0.05, 0) is 37.8 Å². The van der Waals surface area contributed by atoms with Gasteiger partial charge in [-0.2, -0.15) is 23.4 Å². The van der Waals surface area contributed by atoms with Gasteiger partial charge in [-0.25, -0.2) is 4.68 Å². The number of alkyl halides is 3. The Morgan fingerprint density at radius 1 is 1.21 bits per heavy atom. The summed E-state index contributed by atoms with van der Waals surface area (Å²) in [4.78, 5) is 12.8. The normalized spacial score (nSPS) is 16.5. The highest BCUT2D eigenvalue weighted by molar-refractivity contribution is 5.95. The third-order valence-corrected chi connectivity index (χ3v) is 5.31. The molecule has 0 radical (unpaired) electrons. The Labute approximate surface area is 165 Å². The number of aryl methyl sites for hydroxylation is 2. The molecule has 1 amide bonds. The van der Waals surface area contributed by atoms with Gasteiger partial charge in [-0.15, -0.1) is 0 Å². The lowest BCUT2D eigenvalue weighted by Crippen LogP contribution is -2.32. The molecule has 2 heterocycles. The molecule has 1 N–H and O–H groups in total. The van der Waals surface area contributed by atoms with Crippen molar-refractivity contribution < 1.29 is 18.0 Å². The molecule has 0 saturated carbocycles. The molecule has 0 saturated heterocycles. The van der Waals surface area contributed by atoms with E-state index in [1.54, 1.807) is 42.1 Å². The zero-order valence-electron chi connectivity index (χ0n) is 16.0. The van der Waals surface area contributed by atoms with Gasteiger partial charge in [0.15, 0.2) is 5.69 Å². The van der Waals surface area contributed by atoms with Crippen molar-refractivity contribution >= 4 is 5.91 Å². The van der Waals surface area contributed by atoms with E-state index < -0.39 is 23.3 Å². The number of nitrogens with zero attached hydrogens (tertiary/aromatic N) is 4. The average molecular weight is 403 g/mol. The fourth-order valence-corrected chi connectivity index (χ4v) is 3.86. The summed E-state index contributed by atoms with van der Waals surface area (Å²) in [5.74, 6) is -0.793. The number of carbonyl (C=O) groups is 1. The van der Waals surface area contributed by atoms with Gasteiger partial charge in [0.05, 0.1) is 29.7 Å². The predicted octanol–water partition coefficient (Wildman–Crippen LogP) is 3.74. The summed E-state index contributed by atoms with van der Waals surface area (Å²) < 4.78 is 44.2. The smallest absolute Gasteiger partial charge is 0.345 e. The van der Waals surface area contributed by atoms with Crippen LogP contribution in [0.3, 0.4) is 0 Å². The van der Waals surface area contributed by atoms with E-state index >= 15 is 0 Å². The van der Waals surface area contributed by atoms with Gasteiger partial charge < -0.3 is 5.32 Å². The summed E-state index contributed by atoms with van der Waals surface area (Å²) in [5, 5.41) is 10.9. The van der Waals surface area contributed by atoms with E-state index in [4.69, 9.17) is 0 Å². The van der Waals surface area contributed by atoms with Crippen molar-refractivity contribution in [1.29, 1.82) is 0 Å². The van der Waals surface area contributed by atoms with Gasteiger partial charge in [-0.3, -0.25) is 9.48 Å². The first-order valence-electron chi connectivity index (χ1n) is 9.30. The molecule has 6 nitrogen and oxygen atoms in total. The van der Waals surface area contributed by atoms with E-state index in [1.807, 2.05) is 7.05 Å². The Bertz CT molecular complexity index is 1070. The van der Waals surface area contributed by atoms with E-state index in [9.17, 15) is 18.0 Å². The average Bonchev–Trinajstić information content (AvgIpc) is 3.27. The molecule has 29 heavy (non-hydrogen) atoms. The summed E-state index contributed by atoms with van der Waals surface area (Å²) in [6, 6.07) is 6.24. The summed E-state index contributed by atoms with van der Waals surface area (Å²) in [6.07, 6.45) is 0.219. The lowest BCUT2D eigenvalue weighted by Gasteiger charge is -2.24. The van der Waals surface area contributed by atoms with Gasteiger partial charge in [0, 0.05) is 18.3 Å². The monoisotopic (exact) mass is 403 g/mol. The first-order chi connectivity index (χ1) is 13.8. The number of carbonyl (C=O) groups excluding carboxylic acids is 1. The fourth-order valence-electron chi connectivity index (χ4n) is 3.86. The number of halogens is 3. The van der Waals surface area contributed by atoms with Crippen molar-refractivity contribution in [1.82, 2.24) is 24.9 Å². The van der Waals surface area contributed by atoms with Gasteiger partial charge in [0.2, 0.25) is 0 Å². The van der Waals surface area contributed by atoms with E-state index in [2.05, 4.69) is 15.5 Å². The Balaban J connectivity index is 1.71. The van der Waals surface area contributed by atoms with Crippen molar-refractivity contribution in [2.24, 2.45) is 7.05 Å². The minimum atomic E-state index is -4.74. The van der Waals surface area contributed by atoms with E-state index in [1.165, 1.54) is 0 Å². The van der Waals surface area contributed by atoms with Crippen LogP contribution in [0.15, 0.2) is 36.7 Å². The molecule has 0 spiro atoms. The molecule has 1 aromatic carbocycles. The van der Waals surface area contributed by atoms with Crippen molar-refractivity contribution in [3.8, 4) is 5.69 Å². The minimum Gasteiger partial charge on any atom is -0.345 e. The molecule has 0 fully saturated rings. The molecule has 3 aromatic rings. The summed E-state index contributed by atoms with van der Waals surface area (Å²) in [7, 11) is 1.82. The first kappa shape index (κ1) is 19.2. The van der Waals surface area contributed by atoms with Crippen LogP contribution in [0.5, 0.6) is 0 Å². The molecule has 1 aliphatic carbocycles. The highest BCUT2D eigenvalue weighted by Gasteiger charge is 2.41. The maximum atomic E-state index is 13.9. The Morgan fingerprint density at radius 3 is 2.69 bits per heavy atom. The third kappa shape index (κ3) is 3.41. The molecule has 1 aliphatic rings. The predicted molar refractivity (Wildman–Crippen MR) is 99.7 cm³/mol. The van der Waals surface area contributed by atoms with Crippen LogP contribution in [-0.2, 0) is 19.6 Å². The fraction of sp³-hybridized carbons (Fsp3) is 0.350. The van der Waals surface area contributed by atoms with E-state index in [0.29, 0.717) is 12.0 Å². The lowest BCUT2D eigenvalue weighted by atomic mass is 9.93. The number of hydrogen-bond donors (Lipinski definition) is 1. The van der Waals surface area contributed by atoms with Gasteiger partial charge in [0.1, 0.15) is 0 Å². The molecular formula is C20H20F3N5O. The quantitative estimate of drug-likeness (QED) is 0.725. The zero-order chi connectivity index (χ0) is 20.8. The summed E-state index contributed by atoms with van der Waals surface area (Å²) in [6.45, 7) is 1.70. The number of rotatable bonds is 3. The van der Waals surface area contributed by atoms with Crippen LogP contribution in [0.4, 0.5) is 13.2 Å². The highest BCUT2D eigenvalue weighted by Crippen LogP contribution is 2.35. The van der Waals surface area contributed by atoms with Crippen LogP contribution in [0.25, 0.3) is 5.69 Å². The van der Waals surface area contributed by atoms with Crippen LogP contribution in [0, 0.1) is 6.92 Å². The molecular weight excluding hydrogens is 383 g/mol. The highest BCUT2D eigenvalue weighted by atomic mass is 19.4. The molecule has 0 bridgehead atoms. The SMILES string of the molecule is Cc1ccccc1-n1ncc(C(=O)NC2CCCc3c2cnn3C)c1C(F)(F)F. The molecule has 1 unspecified atom stereocenters.